The van der Waals surface area contributed by atoms with E-state index in [-0.39, 0.29) is 48.9 Å². The number of halogens is 2. The first-order chi connectivity index (χ1) is 13.4. The zero-order valence-corrected chi connectivity index (χ0v) is 19.3. The monoisotopic (exact) mass is 464 g/mol. The highest BCUT2D eigenvalue weighted by Gasteiger charge is 2.44. The maximum Gasteiger partial charge on any atom is 0.338 e. The van der Waals surface area contributed by atoms with Crippen LogP contribution in [0.25, 0.3) is 0 Å². The largest absolute Gasteiger partial charge is 1.00 e. The van der Waals surface area contributed by atoms with E-state index in [4.69, 9.17) is 18.9 Å². The van der Waals surface area contributed by atoms with Crippen molar-refractivity contribution in [3.8, 4) is 24.0 Å². The van der Waals surface area contributed by atoms with Gasteiger partial charge in [0.15, 0.2) is 0 Å². The Morgan fingerprint density at radius 3 is 0.933 bits per heavy atom. The number of likely N-dealkylation sites (N-methyl/N-ethyl adjacent to an activating group) is 2. The van der Waals surface area contributed by atoms with Crippen LogP contribution in [0.4, 0.5) is 11.9 Å². The molecule has 3 rings (SSSR count). The van der Waals surface area contributed by atoms with Gasteiger partial charge < -0.3 is 43.8 Å². The number of hydrogen-bond donors (Lipinski definition) is 0. The Hall–Kier alpha value is -2.28. The van der Waals surface area contributed by atoms with Crippen LogP contribution >= 0.6 is 0 Å². The topological polar surface area (TPSA) is 114 Å². The van der Waals surface area contributed by atoms with Crippen LogP contribution in [0.3, 0.4) is 0 Å². The summed E-state index contributed by atoms with van der Waals surface area (Å²) in [5.74, 6) is 1.20. The van der Waals surface area contributed by atoms with Crippen LogP contribution in [0.15, 0.2) is 0 Å². The van der Waals surface area contributed by atoms with Gasteiger partial charge in [0.25, 0.3) is 0 Å². The van der Waals surface area contributed by atoms with Crippen molar-refractivity contribution in [2.24, 2.45) is 0 Å². The molecule has 0 amide bonds. The molecule has 12 nitrogen and oxygen atoms in total. The second-order valence-electron chi connectivity index (χ2n) is 6.90. The van der Waals surface area contributed by atoms with E-state index in [1.54, 1.807) is 0 Å². The van der Waals surface area contributed by atoms with Crippen molar-refractivity contribution in [2.75, 3.05) is 68.7 Å². The summed E-state index contributed by atoms with van der Waals surface area (Å²) in [5.41, 5.74) is 0. The third-order valence-electron chi connectivity index (χ3n) is 5.04. The Kier molecular flexibility index (Phi) is 8.72. The molecule has 0 spiro atoms. The van der Waals surface area contributed by atoms with Gasteiger partial charge in [-0.2, -0.15) is 0 Å². The smallest absolute Gasteiger partial charge is 0.338 e. The molecule has 0 aromatic carbocycles. The Morgan fingerprint density at radius 1 is 0.500 bits per heavy atom. The number of methoxy groups -OCH3 is 4. The van der Waals surface area contributed by atoms with Crippen molar-refractivity contribution < 1.29 is 43.8 Å². The Labute approximate surface area is 187 Å². The van der Waals surface area contributed by atoms with E-state index in [9.17, 15) is 0 Å². The first kappa shape index (κ1) is 25.8. The predicted octanol–water partition coefficient (Wildman–Crippen LogP) is -6.31. The summed E-state index contributed by atoms with van der Waals surface area (Å²) in [4.78, 5) is 25.9. The molecule has 168 valence electrons. The number of nitrogens with zero attached hydrogens (tertiary/aromatic N) is 8. The van der Waals surface area contributed by atoms with Crippen LogP contribution in [-0.4, -0.2) is 98.6 Å². The molecule has 0 radical (unpaired) electrons. The third kappa shape index (κ3) is 5.06. The van der Waals surface area contributed by atoms with E-state index in [1.807, 2.05) is 0 Å². The maximum absolute atomic E-state index is 5.18. The fourth-order valence-corrected chi connectivity index (χ4v) is 3.01. The van der Waals surface area contributed by atoms with Gasteiger partial charge in [0.2, 0.25) is 0 Å². The summed E-state index contributed by atoms with van der Waals surface area (Å²) in [6.07, 6.45) is 0. The van der Waals surface area contributed by atoms with Crippen molar-refractivity contribution in [1.29, 1.82) is 0 Å². The van der Waals surface area contributed by atoms with Crippen LogP contribution in [0.1, 0.15) is 0 Å². The van der Waals surface area contributed by atoms with Gasteiger partial charge in [0, 0.05) is 0 Å². The van der Waals surface area contributed by atoms with E-state index < -0.39 is 0 Å². The van der Waals surface area contributed by atoms with Gasteiger partial charge in [-0.15, -0.1) is 29.9 Å². The fraction of sp³-hybridized carbons (Fsp3) is 0.625. The highest BCUT2D eigenvalue weighted by atomic mass is 35.5. The number of aromatic nitrogens is 6. The second kappa shape index (κ2) is 10.2. The molecule has 1 aliphatic heterocycles. The predicted molar refractivity (Wildman–Crippen MR) is 101 cm³/mol. The van der Waals surface area contributed by atoms with E-state index in [2.05, 4.69) is 44.0 Å². The third-order valence-corrected chi connectivity index (χ3v) is 5.04. The molecule has 2 aromatic heterocycles. The molecule has 0 N–H and O–H groups in total. The van der Waals surface area contributed by atoms with Gasteiger partial charge in [-0.1, -0.05) is 0 Å². The molecule has 1 aliphatic rings. The number of piperazine rings is 1. The number of quaternary nitrogens is 2. The molecular formula is C16H26Cl2N8O4. The summed E-state index contributed by atoms with van der Waals surface area (Å²) in [6, 6.07) is 0.929. The Balaban J connectivity index is 0.00000225. The number of rotatable bonds is 6. The lowest BCUT2D eigenvalue weighted by molar-refractivity contribution is -0.001000. The minimum Gasteiger partial charge on any atom is -1.00 e. The molecule has 0 bridgehead atoms. The number of hydrogen-bond acceptors (Lipinski definition) is 10. The SMILES string of the molecule is COc1nc(OC)nc([N+]2(C)CC[N+](C)(c3nc(OC)nc(OC)n3)CC2)n1.[Cl-].[Cl-]. The van der Waals surface area contributed by atoms with Crippen LogP contribution < -0.4 is 52.7 Å². The van der Waals surface area contributed by atoms with Gasteiger partial charge in [-0.25, -0.2) is 0 Å². The van der Waals surface area contributed by atoms with Crippen molar-refractivity contribution in [3.63, 3.8) is 0 Å². The second-order valence-corrected chi connectivity index (χ2v) is 6.90. The van der Waals surface area contributed by atoms with Gasteiger partial charge in [0.05, 0.1) is 42.5 Å². The molecular weight excluding hydrogens is 439 g/mol. The molecule has 2 aromatic rings. The van der Waals surface area contributed by atoms with Crippen molar-refractivity contribution >= 4 is 11.9 Å². The quantitative estimate of drug-likeness (QED) is 0.382. The summed E-state index contributed by atoms with van der Waals surface area (Å²) < 4.78 is 21.8. The molecule has 0 saturated carbocycles. The lowest BCUT2D eigenvalue weighted by Crippen LogP contribution is -3.00. The Morgan fingerprint density at radius 2 is 0.733 bits per heavy atom. The minimum atomic E-state index is 0. The number of ether oxygens (including phenoxy) is 4. The minimum absolute atomic E-state index is 0. The molecule has 0 aliphatic carbocycles. The highest BCUT2D eigenvalue weighted by Crippen LogP contribution is 2.28. The molecule has 3 heterocycles. The van der Waals surface area contributed by atoms with Crippen molar-refractivity contribution in [2.45, 2.75) is 0 Å². The van der Waals surface area contributed by atoms with E-state index >= 15 is 0 Å². The highest BCUT2D eigenvalue weighted by molar-refractivity contribution is 5.33. The molecule has 14 heteroatoms. The average Bonchev–Trinajstić information content (AvgIpc) is 2.75. The lowest BCUT2D eigenvalue weighted by atomic mass is 10.2. The van der Waals surface area contributed by atoms with E-state index in [0.717, 1.165) is 26.2 Å². The van der Waals surface area contributed by atoms with Gasteiger partial charge >= 0.3 is 35.9 Å². The zero-order valence-electron chi connectivity index (χ0n) is 17.8. The molecule has 1 saturated heterocycles. The Bertz CT molecular complexity index is 738. The van der Waals surface area contributed by atoms with Crippen LogP contribution in [0.2, 0.25) is 0 Å². The zero-order chi connectivity index (χ0) is 20.4. The molecule has 1 fully saturated rings. The summed E-state index contributed by atoms with van der Waals surface area (Å²) >= 11 is 0. The summed E-state index contributed by atoms with van der Waals surface area (Å²) in [5, 5.41) is 0. The summed E-state index contributed by atoms with van der Waals surface area (Å²) in [6.45, 7) is 3.01. The van der Waals surface area contributed by atoms with E-state index in [0.29, 0.717) is 20.9 Å². The molecule has 30 heavy (non-hydrogen) atoms. The van der Waals surface area contributed by atoms with Crippen LogP contribution in [0.5, 0.6) is 24.0 Å². The lowest BCUT2D eigenvalue weighted by Gasteiger charge is -2.42. The van der Waals surface area contributed by atoms with E-state index in [1.165, 1.54) is 28.4 Å². The van der Waals surface area contributed by atoms with Gasteiger partial charge in [-0.05, 0) is 0 Å². The standard InChI is InChI=1S/C16H26N8O4.2ClH/c1-23(11-17-13(25-3)21-14(18-11)26-4)7-9-24(2,10-8-23)12-19-15(27-5)22-16(20-12)28-6;;/h7-10H2,1-6H3;2*1H/q+2;;/p-2. The van der Waals surface area contributed by atoms with Crippen LogP contribution in [-0.2, 0) is 0 Å². The van der Waals surface area contributed by atoms with Crippen LogP contribution in [0, 0.1) is 0 Å². The summed E-state index contributed by atoms with van der Waals surface area (Å²) in [7, 11) is 10.2. The average molecular weight is 465 g/mol. The van der Waals surface area contributed by atoms with Gasteiger partial charge in [0.1, 0.15) is 26.2 Å². The first-order valence-corrected chi connectivity index (χ1v) is 8.74. The fourth-order valence-electron chi connectivity index (χ4n) is 3.01. The normalized spacial score (nSPS) is 22.9. The first-order valence-electron chi connectivity index (χ1n) is 8.74. The van der Waals surface area contributed by atoms with Gasteiger partial charge in [-0.3, -0.25) is 8.97 Å². The maximum atomic E-state index is 5.18. The van der Waals surface area contributed by atoms with Crippen molar-refractivity contribution in [3.05, 3.63) is 0 Å². The molecule has 0 atom stereocenters. The van der Waals surface area contributed by atoms with Crippen molar-refractivity contribution in [1.82, 2.24) is 38.9 Å². The molecule has 0 unspecified atom stereocenters.